The van der Waals surface area contributed by atoms with E-state index in [1.54, 1.807) is 0 Å². The summed E-state index contributed by atoms with van der Waals surface area (Å²) in [4.78, 5) is 0. The summed E-state index contributed by atoms with van der Waals surface area (Å²) in [6.07, 6.45) is 0.811. The molecular weight excluding hydrogens is 238 g/mol. The molecule has 3 nitrogen and oxygen atoms in total. The number of ether oxygens (including phenoxy) is 1. The highest BCUT2D eigenvalue weighted by atomic mass is 16.5. The van der Waals surface area contributed by atoms with Gasteiger partial charge in [-0.15, -0.1) is 0 Å². The van der Waals surface area contributed by atoms with Crippen LogP contribution in [-0.4, -0.2) is 30.9 Å². The Morgan fingerprint density at radius 3 is 2.32 bits per heavy atom. The maximum absolute atomic E-state index is 9.16. The molecular formula is C16H27NO2. The molecule has 1 rings (SSSR count). The van der Waals surface area contributed by atoms with Crippen molar-refractivity contribution in [1.82, 2.24) is 5.32 Å². The molecule has 0 radical (unpaired) electrons. The highest BCUT2D eigenvalue weighted by Gasteiger charge is 2.13. The van der Waals surface area contributed by atoms with Gasteiger partial charge in [-0.05, 0) is 36.1 Å². The van der Waals surface area contributed by atoms with E-state index in [-0.39, 0.29) is 18.1 Å². The summed E-state index contributed by atoms with van der Waals surface area (Å²) in [5, 5.41) is 12.4. The van der Waals surface area contributed by atoms with Gasteiger partial charge in [0.2, 0.25) is 0 Å². The van der Waals surface area contributed by atoms with Crippen molar-refractivity contribution < 1.29 is 9.84 Å². The van der Waals surface area contributed by atoms with Crippen molar-refractivity contribution in [2.75, 3.05) is 19.8 Å². The van der Waals surface area contributed by atoms with Gasteiger partial charge in [-0.25, -0.2) is 0 Å². The van der Waals surface area contributed by atoms with Gasteiger partial charge in [-0.3, -0.25) is 0 Å². The van der Waals surface area contributed by atoms with Gasteiger partial charge in [-0.2, -0.15) is 0 Å². The predicted octanol–water partition coefficient (Wildman–Crippen LogP) is 2.72. The second-order valence-electron chi connectivity index (χ2n) is 5.85. The van der Waals surface area contributed by atoms with Gasteiger partial charge in [0.1, 0.15) is 5.75 Å². The highest BCUT2D eigenvalue weighted by molar-refractivity contribution is 5.31. The summed E-state index contributed by atoms with van der Waals surface area (Å²) in [6, 6.07) is 8.38. The quantitative estimate of drug-likeness (QED) is 0.796. The molecule has 0 fully saturated rings. The van der Waals surface area contributed by atoms with Crippen LogP contribution in [0.15, 0.2) is 24.3 Å². The Hall–Kier alpha value is -1.06. The molecule has 1 aromatic rings. The molecule has 3 heteroatoms. The van der Waals surface area contributed by atoms with E-state index in [2.05, 4.69) is 38.2 Å². The second kappa shape index (κ2) is 7.51. The average Bonchev–Trinajstić information content (AvgIpc) is 2.37. The van der Waals surface area contributed by atoms with Gasteiger partial charge in [-0.1, -0.05) is 39.8 Å². The normalized spacial score (nSPS) is 13.3. The van der Waals surface area contributed by atoms with Crippen LogP contribution >= 0.6 is 0 Å². The van der Waals surface area contributed by atoms with Gasteiger partial charge >= 0.3 is 0 Å². The van der Waals surface area contributed by atoms with E-state index < -0.39 is 0 Å². The van der Waals surface area contributed by atoms with E-state index in [1.807, 2.05) is 19.1 Å². The zero-order valence-corrected chi connectivity index (χ0v) is 12.6. The molecule has 0 spiro atoms. The average molecular weight is 265 g/mol. The van der Waals surface area contributed by atoms with Crippen LogP contribution in [0.25, 0.3) is 0 Å². The molecule has 0 aliphatic carbocycles. The van der Waals surface area contributed by atoms with Crippen LogP contribution in [0.3, 0.4) is 0 Å². The van der Waals surface area contributed by atoms with E-state index in [0.29, 0.717) is 6.61 Å². The Morgan fingerprint density at radius 2 is 1.84 bits per heavy atom. The van der Waals surface area contributed by atoms with E-state index >= 15 is 0 Å². The fourth-order valence-electron chi connectivity index (χ4n) is 1.92. The third-order valence-electron chi connectivity index (χ3n) is 3.17. The first-order chi connectivity index (χ1) is 8.97. The van der Waals surface area contributed by atoms with E-state index in [4.69, 9.17) is 9.84 Å². The zero-order valence-electron chi connectivity index (χ0n) is 12.6. The van der Waals surface area contributed by atoms with Gasteiger partial charge in [0.05, 0.1) is 13.2 Å². The Balaban J connectivity index is 2.42. The Bertz CT molecular complexity index is 354. The second-order valence-corrected chi connectivity index (χ2v) is 5.85. The molecule has 1 atom stereocenters. The van der Waals surface area contributed by atoms with E-state index in [9.17, 15) is 0 Å². The summed E-state index contributed by atoms with van der Waals surface area (Å²) >= 11 is 0. The number of hydrogen-bond donors (Lipinski definition) is 2. The van der Waals surface area contributed by atoms with Crippen molar-refractivity contribution in [3.8, 4) is 5.75 Å². The minimum absolute atomic E-state index is 0.124. The van der Waals surface area contributed by atoms with Crippen molar-refractivity contribution in [3.63, 3.8) is 0 Å². The van der Waals surface area contributed by atoms with Gasteiger partial charge < -0.3 is 15.2 Å². The lowest BCUT2D eigenvalue weighted by Gasteiger charge is -2.19. The number of aliphatic hydroxyl groups is 1. The van der Waals surface area contributed by atoms with Crippen LogP contribution in [0.4, 0.5) is 0 Å². The van der Waals surface area contributed by atoms with Crippen molar-refractivity contribution in [2.45, 2.75) is 45.6 Å². The standard InChI is InChI=1S/C16H27NO2/c1-5-17-14(12-18)10-11-19-15-8-6-13(7-9-15)16(2,3)4/h6-9,14,17-18H,5,10-12H2,1-4H3. The summed E-state index contributed by atoms with van der Waals surface area (Å²) < 4.78 is 5.70. The number of nitrogens with one attached hydrogen (secondary N) is 1. The minimum Gasteiger partial charge on any atom is -0.494 e. The summed E-state index contributed by atoms with van der Waals surface area (Å²) in [7, 11) is 0. The molecule has 0 saturated heterocycles. The smallest absolute Gasteiger partial charge is 0.119 e. The molecule has 1 unspecified atom stereocenters. The van der Waals surface area contributed by atoms with Crippen LogP contribution in [0, 0.1) is 0 Å². The summed E-state index contributed by atoms with van der Waals surface area (Å²) in [6.45, 7) is 10.3. The first kappa shape index (κ1) is 16.0. The van der Waals surface area contributed by atoms with Crippen LogP contribution in [0.5, 0.6) is 5.75 Å². The fraction of sp³-hybridized carbons (Fsp3) is 0.625. The molecule has 0 saturated carbocycles. The molecule has 2 N–H and O–H groups in total. The predicted molar refractivity (Wildman–Crippen MR) is 79.8 cm³/mol. The SMILES string of the molecule is CCNC(CO)CCOc1ccc(C(C)(C)C)cc1. The largest absolute Gasteiger partial charge is 0.494 e. The first-order valence-electron chi connectivity index (χ1n) is 7.05. The lowest BCUT2D eigenvalue weighted by atomic mass is 9.87. The van der Waals surface area contributed by atoms with Gasteiger partial charge in [0, 0.05) is 6.04 Å². The van der Waals surface area contributed by atoms with Crippen molar-refractivity contribution in [2.24, 2.45) is 0 Å². The van der Waals surface area contributed by atoms with Crippen LogP contribution in [0.2, 0.25) is 0 Å². The third kappa shape index (κ3) is 5.62. The lowest BCUT2D eigenvalue weighted by molar-refractivity contribution is 0.210. The van der Waals surface area contributed by atoms with Crippen LogP contribution in [0.1, 0.15) is 39.7 Å². The molecule has 1 aromatic carbocycles. The van der Waals surface area contributed by atoms with E-state index in [1.165, 1.54) is 5.56 Å². The maximum Gasteiger partial charge on any atom is 0.119 e. The Morgan fingerprint density at radius 1 is 1.21 bits per heavy atom. The topological polar surface area (TPSA) is 41.5 Å². The monoisotopic (exact) mass is 265 g/mol. The molecule has 108 valence electrons. The third-order valence-corrected chi connectivity index (χ3v) is 3.17. The molecule has 0 aliphatic rings. The van der Waals surface area contributed by atoms with Crippen molar-refractivity contribution >= 4 is 0 Å². The number of hydrogen-bond acceptors (Lipinski definition) is 3. The molecule has 0 bridgehead atoms. The molecule has 0 aromatic heterocycles. The first-order valence-corrected chi connectivity index (χ1v) is 7.05. The van der Waals surface area contributed by atoms with Crippen LogP contribution in [-0.2, 0) is 5.41 Å². The molecule has 0 aliphatic heterocycles. The molecule has 0 amide bonds. The summed E-state index contributed by atoms with van der Waals surface area (Å²) in [5.74, 6) is 0.890. The molecule has 19 heavy (non-hydrogen) atoms. The maximum atomic E-state index is 9.16. The Kier molecular flexibility index (Phi) is 6.32. The number of aliphatic hydroxyl groups excluding tert-OH is 1. The highest BCUT2D eigenvalue weighted by Crippen LogP contribution is 2.24. The number of benzene rings is 1. The van der Waals surface area contributed by atoms with Crippen molar-refractivity contribution in [1.29, 1.82) is 0 Å². The van der Waals surface area contributed by atoms with E-state index in [0.717, 1.165) is 18.7 Å². The number of rotatable bonds is 7. The lowest BCUT2D eigenvalue weighted by Crippen LogP contribution is -2.33. The van der Waals surface area contributed by atoms with Crippen LogP contribution < -0.4 is 10.1 Å². The minimum atomic E-state index is 0.124. The number of likely N-dealkylation sites (N-methyl/N-ethyl adjacent to an activating group) is 1. The Labute approximate surface area is 117 Å². The van der Waals surface area contributed by atoms with Crippen molar-refractivity contribution in [3.05, 3.63) is 29.8 Å². The van der Waals surface area contributed by atoms with Gasteiger partial charge in [0.25, 0.3) is 0 Å². The zero-order chi connectivity index (χ0) is 14.3. The summed E-state index contributed by atoms with van der Waals surface area (Å²) in [5.41, 5.74) is 1.48. The fourth-order valence-corrected chi connectivity index (χ4v) is 1.92. The molecule has 0 heterocycles. The van der Waals surface area contributed by atoms with Gasteiger partial charge in [0.15, 0.2) is 0 Å².